The molecule has 0 aliphatic heterocycles. The molecule has 0 radical (unpaired) electrons. The highest BCUT2D eigenvalue weighted by molar-refractivity contribution is 5.77. The Morgan fingerprint density at radius 2 is 2.44 bits per heavy atom. The summed E-state index contributed by atoms with van der Waals surface area (Å²) in [5, 5.41) is -0.479. The number of halogens is 1. The van der Waals surface area contributed by atoms with Gasteiger partial charge in [0.25, 0.3) is 5.91 Å². The zero-order chi connectivity index (χ0) is 7.28. The second-order valence-electron chi connectivity index (χ2n) is 1.13. The van der Waals surface area contributed by atoms with Gasteiger partial charge in [0.2, 0.25) is 6.41 Å². The van der Waals surface area contributed by atoms with Crippen molar-refractivity contribution in [1.29, 1.82) is 0 Å². The number of rotatable bonds is 3. The Morgan fingerprint density at radius 1 is 1.89 bits per heavy atom. The third-order valence-electron chi connectivity index (χ3n) is 0.560. The summed E-state index contributed by atoms with van der Waals surface area (Å²) in [6.07, 6.45) is 0.0353. The molecule has 0 atom stereocenters. The van der Waals surface area contributed by atoms with Crippen LogP contribution in [-0.4, -0.2) is 24.1 Å². The molecule has 0 saturated heterocycles. The second-order valence-corrected chi connectivity index (χ2v) is 1.13. The van der Waals surface area contributed by atoms with Gasteiger partial charge >= 0.3 is 0 Å². The predicted molar refractivity (Wildman–Crippen MR) is 26.2 cm³/mol. The molecule has 5 nitrogen and oxygen atoms in total. The van der Waals surface area contributed by atoms with Crippen molar-refractivity contribution in [3.8, 4) is 0 Å². The second kappa shape index (κ2) is 3.79. The zero-order valence-electron chi connectivity index (χ0n) is 4.50. The summed E-state index contributed by atoms with van der Waals surface area (Å²) in [6, 6.07) is 0. The van der Waals surface area contributed by atoms with E-state index in [0.29, 0.717) is 0 Å². The van der Waals surface area contributed by atoms with Crippen molar-refractivity contribution in [2.24, 2.45) is 5.73 Å². The van der Waals surface area contributed by atoms with Gasteiger partial charge in [-0.1, -0.05) is 9.71 Å². The molecule has 0 heterocycles. The van der Waals surface area contributed by atoms with E-state index in [-0.39, 0.29) is 6.41 Å². The minimum absolute atomic E-state index is 0.0353. The van der Waals surface area contributed by atoms with Crippen molar-refractivity contribution in [3.05, 3.63) is 0 Å². The summed E-state index contributed by atoms with van der Waals surface area (Å²) in [6.45, 7) is -0.475. The highest BCUT2D eigenvalue weighted by Crippen LogP contribution is 1.78. The van der Waals surface area contributed by atoms with Crippen LogP contribution in [0.15, 0.2) is 0 Å². The fourth-order valence-corrected chi connectivity index (χ4v) is 0.198. The first-order valence-corrected chi connectivity index (χ1v) is 2.11. The summed E-state index contributed by atoms with van der Waals surface area (Å²) >= 11 is 0. The maximum atomic E-state index is 11.9. The molecular weight excluding hydrogens is 129 g/mol. The Hall–Kier alpha value is -1.17. The van der Waals surface area contributed by atoms with Gasteiger partial charge in [-0.3, -0.25) is 9.59 Å². The van der Waals surface area contributed by atoms with Crippen LogP contribution in [0.5, 0.6) is 0 Å². The van der Waals surface area contributed by atoms with E-state index in [0.717, 1.165) is 0 Å². The first kappa shape index (κ1) is 7.83. The number of carbonyl (C=O) groups excluding carboxylic acids is 2. The van der Waals surface area contributed by atoms with Gasteiger partial charge in [0.1, 0.15) is 0 Å². The lowest BCUT2D eigenvalue weighted by atomic mass is 10.6. The van der Waals surface area contributed by atoms with E-state index in [1.807, 2.05) is 0 Å². The average Bonchev–Trinajstić information content (AvgIpc) is 1.87. The molecule has 0 bridgehead atoms. The van der Waals surface area contributed by atoms with Gasteiger partial charge in [-0.05, 0) is 0 Å². The van der Waals surface area contributed by atoms with Crippen molar-refractivity contribution >= 4 is 12.3 Å². The third kappa shape index (κ3) is 2.60. The van der Waals surface area contributed by atoms with Gasteiger partial charge in [-0.2, -0.15) is 0 Å². The smallest absolute Gasteiger partial charge is 0.285 e. The summed E-state index contributed by atoms with van der Waals surface area (Å²) in [4.78, 5) is 19.6. The quantitative estimate of drug-likeness (QED) is 0.275. The maximum absolute atomic E-state index is 11.9. The summed E-state index contributed by atoms with van der Waals surface area (Å²) in [5.74, 6) is -0.998. The van der Waals surface area contributed by atoms with Gasteiger partial charge < -0.3 is 5.73 Å². The van der Waals surface area contributed by atoms with Crippen LogP contribution < -0.4 is 11.2 Å². The maximum Gasteiger partial charge on any atom is 0.285 e. The number of nitrogens with two attached hydrogens (primary N) is 1. The molecule has 0 aromatic rings. The van der Waals surface area contributed by atoms with E-state index < -0.39 is 17.7 Å². The first-order valence-electron chi connectivity index (χ1n) is 2.11. The molecule has 9 heavy (non-hydrogen) atoms. The Kier molecular flexibility index (Phi) is 3.29. The summed E-state index contributed by atoms with van der Waals surface area (Å²) in [7, 11) is 0. The van der Waals surface area contributed by atoms with Crippen LogP contribution in [0.1, 0.15) is 0 Å². The van der Waals surface area contributed by atoms with Gasteiger partial charge in [0, 0.05) is 0 Å². The van der Waals surface area contributed by atoms with Crippen LogP contribution in [-0.2, 0) is 9.59 Å². The van der Waals surface area contributed by atoms with E-state index in [1.54, 1.807) is 0 Å². The van der Waals surface area contributed by atoms with Crippen molar-refractivity contribution in [2.75, 3.05) is 6.54 Å². The summed E-state index contributed by atoms with van der Waals surface area (Å²) in [5.41, 5.74) is 6.17. The molecule has 2 amide bonds. The predicted octanol–water partition coefficient (Wildman–Crippen LogP) is -1.68. The Bertz CT molecular complexity index is 118. The minimum atomic E-state index is -0.998. The number of nitrogens with zero attached hydrogens (tertiary/aromatic N) is 1. The molecule has 3 N–H and O–H groups in total. The third-order valence-corrected chi connectivity index (χ3v) is 0.560. The Labute approximate surface area is 50.5 Å². The van der Waals surface area contributed by atoms with E-state index in [9.17, 15) is 14.1 Å². The van der Waals surface area contributed by atoms with E-state index >= 15 is 0 Å². The van der Waals surface area contributed by atoms with Crippen LogP contribution in [0, 0.1) is 0 Å². The largest absolute Gasteiger partial charge is 0.322 e. The fourth-order valence-electron chi connectivity index (χ4n) is 0.198. The van der Waals surface area contributed by atoms with Gasteiger partial charge in [0.15, 0.2) is 0 Å². The normalized spacial score (nSPS) is 8.22. The summed E-state index contributed by atoms with van der Waals surface area (Å²) < 4.78 is 11.9. The van der Waals surface area contributed by atoms with Crippen molar-refractivity contribution < 1.29 is 14.1 Å². The first-order chi connectivity index (χ1) is 4.22. The molecule has 0 saturated carbocycles. The lowest BCUT2D eigenvalue weighted by Crippen LogP contribution is -2.38. The number of amides is 2. The molecule has 0 aromatic carbocycles. The van der Waals surface area contributed by atoms with Crippen molar-refractivity contribution in [2.45, 2.75) is 0 Å². The molecule has 6 heteroatoms. The molecule has 0 fully saturated rings. The molecule has 52 valence electrons. The fraction of sp³-hybridized carbons (Fsp3) is 0.333. The molecule has 0 unspecified atom stereocenters. The standard InChI is InChI=1S/C3H6FN3O2/c4-7(6-2-8)3(9)1-5/h2H,1,5H2,(H,6,8). The highest BCUT2D eigenvalue weighted by Gasteiger charge is 2.07. The zero-order valence-corrected chi connectivity index (χ0v) is 4.50. The molecule has 0 aliphatic rings. The highest BCUT2D eigenvalue weighted by atomic mass is 19.2. The average molecular weight is 135 g/mol. The van der Waals surface area contributed by atoms with Gasteiger partial charge in [-0.25, -0.2) is 5.43 Å². The monoisotopic (exact) mass is 135 g/mol. The number of carbonyl (C=O) groups is 2. The van der Waals surface area contributed by atoms with Crippen LogP contribution in [0.2, 0.25) is 0 Å². The lowest BCUT2D eigenvalue weighted by Gasteiger charge is -2.05. The van der Waals surface area contributed by atoms with Crippen LogP contribution >= 0.6 is 0 Å². The van der Waals surface area contributed by atoms with E-state index in [1.165, 1.54) is 5.43 Å². The SMILES string of the molecule is NCC(=O)N(F)NC=O. The Balaban J connectivity index is 3.58. The molecule has 0 spiro atoms. The van der Waals surface area contributed by atoms with Gasteiger partial charge in [-0.15, -0.1) is 0 Å². The topological polar surface area (TPSA) is 75.4 Å². The van der Waals surface area contributed by atoms with Crippen molar-refractivity contribution in [3.63, 3.8) is 0 Å². The van der Waals surface area contributed by atoms with E-state index in [4.69, 9.17) is 5.73 Å². The van der Waals surface area contributed by atoms with Crippen LogP contribution in [0.4, 0.5) is 4.48 Å². The molecular formula is C3H6FN3O2. The number of hydrogen-bond donors (Lipinski definition) is 2. The van der Waals surface area contributed by atoms with Crippen LogP contribution in [0.25, 0.3) is 0 Å². The molecule has 0 rings (SSSR count). The minimum Gasteiger partial charge on any atom is -0.322 e. The van der Waals surface area contributed by atoms with Crippen molar-refractivity contribution in [1.82, 2.24) is 10.7 Å². The van der Waals surface area contributed by atoms with Crippen LogP contribution in [0.3, 0.4) is 0 Å². The Morgan fingerprint density at radius 3 is 2.78 bits per heavy atom. The van der Waals surface area contributed by atoms with E-state index in [2.05, 4.69) is 0 Å². The number of hydrazine groups is 1. The van der Waals surface area contributed by atoms with Gasteiger partial charge in [0.05, 0.1) is 6.54 Å². The number of hydrogen-bond acceptors (Lipinski definition) is 3. The molecule has 0 aliphatic carbocycles. The molecule has 0 aromatic heterocycles. The number of nitrogens with one attached hydrogen (secondary N) is 1. The lowest BCUT2D eigenvalue weighted by molar-refractivity contribution is -0.155.